The molecule has 0 amide bonds. The number of hydrogen-bond acceptors (Lipinski definition) is 3. The minimum atomic E-state index is 0.451. The van der Waals surface area contributed by atoms with Crippen LogP contribution >= 0.6 is 0 Å². The van der Waals surface area contributed by atoms with Gasteiger partial charge in [-0.05, 0) is 24.6 Å². The SMILES string of the molecule is CCC(C)C(CN)N(CC)Cc1ccccn1. The molecule has 17 heavy (non-hydrogen) atoms. The topological polar surface area (TPSA) is 42.1 Å². The van der Waals surface area contributed by atoms with Gasteiger partial charge in [0.25, 0.3) is 0 Å². The first kappa shape index (κ1) is 14.1. The molecule has 2 atom stereocenters. The van der Waals surface area contributed by atoms with Gasteiger partial charge in [0.2, 0.25) is 0 Å². The van der Waals surface area contributed by atoms with E-state index < -0.39 is 0 Å². The summed E-state index contributed by atoms with van der Waals surface area (Å²) in [6, 6.07) is 6.52. The molecule has 0 bridgehead atoms. The Morgan fingerprint density at radius 2 is 2.12 bits per heavy atom. The molecule has 0 saturated heterocycles. The second kappa shape index (κ2) is 7.41. The van der Waals surface area contributed by atoms with Gasteiger partial charge in [-0.2, -0.15) is 0 Å². The molecule has 0 spiro atoms. The van der Waals surface area contributed by atoms with Gasteiger partial charge in [0, 0.05) is 25.3 Å². The monoisotopic (exact) mass is 235 g/mol. The molecule has 2 N–H and O–H groups in total. The molecule has 1 heterocycles. The first-order chi connectivity index (χ1) is 8.22. The summed E-state index contributed by atoms with van der Waals surface area (Å²) in [4.78, 5) is 6.81. The fourth-order valence-corrected chi connectivity index (χ4v) is 2.18. The maximum absolute atomic E-state index is 5.92. The number of rotatable bonds is 7. The summed E-state index contributed by atoms with van der Waals surface area (Å²) < 4.78 is 0. The highest BCUT2D eigenvalue weighted by Crippen LogP contribution is 2.15. The number of likely N-dealkylation sites (N-methyl/N-ethyl adjacent to an activating group) is 1. The third kappa shape index (κ3) is 4.10. The molecule has 0 aliphatic carbocycles. The molecule has 0 aromatic carbocycles. The summed E-state index contributed by atoms with van der Waals surface area (Å²) in [7, 11) is 0. The van der Waals surface area contributed by atoms with Crippen LogP contribution < -0.4 is 5.73 Å². The smallest absolute Gasteiger partial charge is 0.0544 e. The highest BCUT2D eigenvalue weighted by Gasteiger charge is 2.21. The van der Waals surface area contributed by atoms with E-state index in [0.29, 0.717) is 12.0 Å². The van der Waals surface area contributed by atoms with Crippen LogP contribution in [0.5, 0.6) is 0 Å². The van der Waals surface area contributed by atoms with Gasteiger partial charge in [-0.1, -0.05) is 33.3 Å². The van der Waals surface area contributed by atoms with Crippen LogP contribution in [0.15, 0.2) is 24.4 Å². The van der Waals surface area contributed by atoms with Crippen molar-refractivity contribution < 1.29 is 0 Å². The number of nitrogens with zero attached hydrogens (tertiary/aromatic N) is 2. The number of hydrogen-bond donors (Lipinski definition) is 1. The molecule has 1 aromatic heterocycles. The van der Waals surface area contributed by atoms with Gasteiger partial charge in [0.05, 0.1) is 5.69 Å². The zero-order valence-electron chi connectivity index (χ0n) is 11.3. The average molecular weight is 235 g/mol. The van der Waals surface area contributed by atoms with Gasteiger partial charge < -0.3 is 5.73 Å². The van der Waals surface area contributed by atoms with Crippen molar-refractivity contribution in [2.45, 2.75) is 39.8 Å². The van der Waals surface area contributed by atoms with Gasteiger partial charge in [-0.15, -0.1) is 0 Å². The van der Waals surface area contributed by atoms with Crippen molar-refractivity contribution in [3.05, 3.63) is 30.1 Å². The molecular formula is C14H25N3. The molecule has 3 nitrogen and oxygen atoms in total. The van der Waals surface area contributed by atoms with E-state index in [1.807, 2.05) is 18.3 Å². The Kier molecular flexibility index (Phi) is 6.16. The Morgan fingerprint density at radius 1 is 1.35 bits per heavy atom. The molecule has 96 valence electrons. The molecule has 0 aliphatic rings. The Balaban J connectivity index is 2.69. The van der Waals surface area contributed by atoms with Crippen LogP contribution in [-0.2, 0) is 6.54 Å². The van der Waals surface area contributed by atoms with Crippen LogP contribution in [0, 0.1) is 5.92 Å². The lowest BCUT2D eigenvalue weighted by atomic mass is 9.97. The standard InChI is InChI=1S/C14H25N3/c1-4-12(3)14(10-15)17(5-2)11-13-8-6-7-9-16-13/h6-9,12,14H,4-5,10-11,15H2,1-3H3. The predicted octanol–water partition coefficient (Wildman–Crippen LogP) is 2.28. The van der Waals surface area contributed by atoms with Gasteiger partial charge in [0.15, 0.2) is 0 Å². The van der Waals surface area contributed by atoms with Crippen molar-refractivity contribution in [2.75, 3.05) is 13.1 Å². The predicted molar refractivity (Wildman–Crippen MR) is 72.6 cm³/mol. The Morgan fingerprint density at radius 3 is 2.59 bits per heavy atom. The lowest BCUT2D eigenvalue weighted by Gasteiger charge is -2.33. The van der Waals surface area contributed by atoms with Crippen molar-refractivity contribution in [3.63, 3.8) is 0 Å². The summed E-state index contributed by atoms with van der Waals surface area (Å²) in [5, 5.41) is 0. The molecule has 2 unspecified atom stereocenters. The Labute approximate surface area is 105 Å². The lowest BCUT2D eigenvalue weighted by Crippen LogP contribution is -2.44. The minimum absolute atomic E-state index is 0.451. The van der Waals surface area contributed by atoms with Crippen LogP contribution in [0.1, 0.15) is 32.9 Å². The van der Waals surface area contributed by atoms with E-state index in [4.69, 9.17) is 5.73 Å². The van der Waals surface area contributed by atoms with Crippen LogP contribution in [0.25, 0.3) is 0 Å². The fourth-order valence-electron chi connectivity index (χ4n) is 2.18. The van der Waals surface area contributed by atoms with Crippen LogP contribution in [0.2, 0.25) is 0 Å². The first-order valence-electron chi connectivity index (χ1n) is 6.56. The highest BCUT2D eigenvalue weighted by molar-refractivity contribution is 5.03. The Hall–Kier alpha value is -0.930. The van der Waals surface area contributed by atoms with E-state index in [2.05, 4.69) is 36.7 Å². The third-order valence-electron chi connectivity index (χ3n) is 3.51. The molecule has 1 rings (SSSR count). The van der Waals surface area contributed by atoms with E-state index >= 15 is 0 Å². The number of aromatic nitrogens is 1. The van der Waals surface area contributed by atoms with Gasteiger partial charge in [-0.25, -0.2) is 0 Å². The minimum Gasteiger partial charge on any atom is -0.329 e. The summed E-state index contributed by atoms with van der Waals surface area (Å²) in [5.74, 6) is 0.628. The largest absolute Gasteiger partial charge is 0.329 e. The van der Waals surface area contributed by atoms with Crippen molar-refractivity contribution in [1.29, 1.82) is 0 Å². The molecule has 0 radical (unpaired) electrons. The lowest BCUT2D eigenvalue weighted by molar-refractivity contribution is 0.148. The zero-order chi connectivity index (χ0) is 12.7. The second-order valence-corrected chi connectivity index (χ2v) is 4.57. The zero-order valence-corrected chi connectivity index (χ0v) is 11.3. The van der Waals surface area contributed by atoms with Crippen molar-refractivity contribution >= 4 is 0 Å². The number of pyridine rings is 1. The fraction of sp³-hybridized carbons (Fsp3) is 0.643. The molecule has 0 saturated carbocycles. The summed E-state index contributed by atoms with van der Waals surface area (Å²) in [5.41, 5.74) is 7.04. The van der Waals surface area contributed by atoms with Gasteiger partial charge in [0.1, 0.15) is 0 Å². The molecule has 3 heteroatoms. The molecule has 0 fully saturated rings. The van der Waals surface area contributed by atoms with Gasteiger partial charge in [-0.3, -0.25) is 9.88 Å². The summed E-state index contributed by atoms with van der Waals surface area (Å²) in [6.45, 7) is 9.32. The molecule has 0 aliphatic heterocycles. The normalized spacial score (nSPS) is 14.9. The second-order valence-electron chi connectivity index (χ2n) is 4.57. The maximum atomic E-state index is 5.92. The quantitative estimate of drug-likeness (QED) is 0.788. The molecular weight excluding hydrogens is 210 g/mol. The van der Waals surface area contributed by atoms with Crippen molar-refractivity contribution in [2.24, 2.45) is 11.7 Å². The maximum Gasteiger partial charge on any atom is 0.0544 e. The van der Waals surface area contributed by atoms with Crippen LogP contribution in [0.3, 0.4) is 0 Å². The molecule has 1 aromatic rings. The van der Waals surface area contributed by atoms with E-state index in [9.17, 15) is 0 Å². The Bertz CT molecular complexity index is 300. The van der Waals surface area contributed by atoms with Crippen LogP contribution in [-0.4, -0.2) is 29.0 Å². The third-order valence-corrected chi connectivity index (χ3v) is 3.51. The van der Waals surface area contributed by atoms with E-state index in [1.54, 1.807) is 0 Å². The number of nitrogens with two attached hydrogens (primary N) is 1. The first-order valence-corrected chi connectivity index (χ1v) is 6.56. The summed E-state index contributed by atoms with van der Waals surface area (Å²) >= 11 is 0. The van der Waals surface area contributed by atoms with Crippen LogP contribution in [0.4, 0.5) is 0 Å². The van der Waals surface area contributed by atoms with E-state index in [-0.39, 0.29) is 0 Å². The van der Waals surface area contributed by atoms with Crippen molar-refractivity contribution in [1.82, 2.24) is 9.88 Å². The van der Waals surface area contributed by atoms with Gasteiger partial charge >= 0.3 is 0 Å². The van der Waals surface area contributed by atoms with E-state index in [1.165, 1.54) is 6.42 Å². The average Bonchev–Trinajstić information content (AvgIpc) is 2.39. The van der Waals surface area contributed by atoms with E-state index in [0.717, 1.165) is 25.3 Å². The van der Waals surface area contributed by atoms with Crippen molar-refractivity contribution in [3.8, 4) is 0 Å². The summed E-state index contributed by atoms with van der Waals surface area (Å²) in [6.07, 6.45) is 3.02. The highest BCUT2D eigenvalue weighted by atomic mass is 15.2.